The van der Waals surface area contributed by atoms with E-state index in [0.29, 0.717) is 12.1 Å². The topological polar surface area (TPSA) is 12.0 Å². The molecule has 0 heterocycles. The Morgan fingerprint density at radius 2 is 2.00 bits per heavy atom. The molecule has 0 saturated heterocycles. The van der Waals surface area contributed by atoms with Gasteiger partial charge in [0.25, 0.3) is 0 Å². The number of halogens is 3. The zero-order valence-electron chi connectivity index (χ0n) is 6.50. The number of nitrogens with one attached hydrogen (secondary N) is 1. The lowest BCUT2D eigenvalue weighted by Crippen LogP contribution is -2.07. The molecule has 0 aliphatic heterocycles. The number of rotatable bonds is 2. The molecule has 0 fully saturated rings. The van der Waals surface area contributed by atoms with Crippen molar-refractivity contribution in [2.75, 3.05) is 7.05 Å². The maximum Gasteiger partial charge on any atom is 0.137 e. The van der Waals surface area contributed by atoms with E-state index in [1.807, 2.05) is 0 Å². The summed E-state index contributed by atoms with van der Waals surface area (Å²) >= 11 is 2.90. The molecule has 0 aromatic heterocycles. The van der Waals surface area contributed by atoms with Crippen LogP contribution in [0.1, 0.15) is 5.56 Å². The summed E-state index contributed by atoms with van der Waals surface area (Å²) in [7, 11) is 1.68. The molecular weight excluding hydrogens is 228 g/mol. The highest BCUT2D eigenvalue weighted by Gasteiger charge is 2.06. The second-order valence-corrected chi connectivity index (χ2v) is 3.24. The molecule has 0 atom stereocenters. The van der Waals surface area contributed by atoms with Crippen molar-refractivity contribution >= 4 is 15.9 Å². The summed E-state index contributed by atoms with van der Waals surface area (Å²) in [5.41, 5.74) is 0.332. The van der Waals surface area contributed by atoms with E-state index in [1.165, 1.54) is 6.07 Å². The van der Waals surface area contributed by atoms with Crippen LogP contribution in [0.25, 0.3) is 0 Å². The van der Waals surface area contributed by atoms with Gasteiger partial charge in [-0.3, -0.25) is 0 Å². The molecule has 1 rings (SSSR count). The fraction of sp³-hybridized carbons (Fsp3) is 0.250. The molecule has 1 N–H and O–H groups in total. The zero-order chi connectivity index (χ0) is 9.14. The predicted molar refractivity (Wildman–Crippen MR) is 46.8 cm³/mol. The van der Waals surface area contributed by atoms with Gasteiger partial charge in [0.05, 0.1) is 4.47 Å². The third kappa shape index (κ3) is 2.01. The maximum atomic E-state index is 13.0. The molecule has 66 valence electrons. The van der Waals surface area contributed by atoms with Gasteiger partial charge in [-0.2, -0.15) is 0 Å². The van der Waals surface area contributed by atoms with Crippen LogP contribution in [0.4, 0.5) is 8.78 Å². The normalized spacial score (nSPS) is 10.3. The van der Waals surface area contributed by atoms with E-state index < -0.39 is 11.6 Å². The van der Waals surface area contributed by atoms with Crippen LogP contribution in [0.15, 0.2) is 16.6 Å². The second-order valence-electron chi connectivity index (χ2n) is 2.39. The molecule has 0 aliphatic carbocycles. The zero-order valence-corrected chi connectivity index (χ0v) is 8.08. The van der Waals surface area contributed by atoms with Crippen molar-refractivity contribution in [3.63, 3.8) is 0 Å². The first-order chi connectivity index (χ1) is 5.65. The van der Waals surface area contributed by atoms with Crippen molar-refractivity contribution < 1.29 is 8.78 Å². The summed E-state index contributed by atoms with van der Waals surface area (Å²) in [6.45, 7) is 0.329. The van der Waals surface area contributed by atoms with Crippen LogP contribution in [0, 0.1) is 11.6 Å². The van der Waals surface area contributed by atoms with Crippen LogP contribution in [-0.4, -0.2) is 7.05 Å². The Labute approximate surface area is 77.9 Å². The minimum atomic E-state index is -0.443. The van der Waals surface area contributed by atoms with E-state index in [4.69, 9.17) is 0 Å². The molecule has 0 radical (unpaired) electrons. The first-order valence-corrected chi connectivity index (χ1v) is 4.22. The van der Waals surface area contributed by atoms with E-state index in [2.05, 4.69) is 21.2 Å². The number of benzene rings is 1. The van der Waals surface area contributed by atoms with Gasteiger partial charge < -0.3 is 5.32 Å². The largest absolute Gasteiger partial charge is 0.316 e. The lowest BCUT2D eigenvalue weighted by molar-refractivity contribution is 0.573. The third-order valence-corrected chi connectivity index (χ3v) is 2.06. The molecule has 0 bridgehead atoms. The van der Waals surface area contributed by atoms with Gasteiger partial charge in [0.15, 0.2) is 0 Å². The van der Waals surface area contributed by atoms with E-state index >= 15 is 0 Å². The highest BCUT2D eigenvalue weighted by molar-refractivity contribution is 9.10. The molecule has 12 heavy (non-hydrogen) atoms. The summed E-state index contributed by atoms with van der Waals surface area (Å²) in [5.74, 6) is -0.848. The fourth-order valence-electron chi connectivity index (χ4n) is 0.890. The maximum absolute atomic E-state index is 13.0. The van der Waals surface area contributed by atoms with Gasteiger partial charge in [-0.25, -0.2) is 8.78 Å². The van der Waals surface area contributed by atoms with E-state index in [-0.39, 0.29) is 4.47 Å². The SMILES string of the molecule is CNCc1cc(F)c(Br)cc1F. The quantitative estimate of drug-likeness (QED) is 0.777. The molecule has 1 nitrogen and oxygen atoms in total. The average molecular weight is 236 g/mol. The van der Waals surface area contributed by atoms with Crippen molar-refractivity contribution in [1.29, 1.82) is 0 Å². The minimum absolute atomic E-state index is 0.153. The second kappa shape index (κ2) is 3.96. The van der Waals surface area contributed by atoms with Gasteiger partial charge in [-0.05, 0) is 35.1 Å². The lowest BCUT2D eigenvalue weighted by atomic mass is 10.2. The number of hydrogen-bond donors (Lipinski definition) is 1. The van der Waals surface area contributed by atoms with Crippen molar-refractivity contribution in [3.05, 3.63) is 33.8 Å². The first kappa shape index (κ1) is 9.61. The fourth-order valence-corrected chi connectivity index (χ4v) is 1.21. The van der Waals surface area contributed by atoms with Crippen molar-refractivity contribution in [2.24, 2.45) is 0 Å². The summed E-state index contributed by atoms with van der Waals surface area (Å²) in [6.07, 6.45) is 0. The summed E-state index contributed by atoms with van der Waals surface area (Å²) in [5, 5.41) is 2.75. The monoisotopic (exact) mass is 235 g/mol. The lowest BCUT2D eigenvalue weighted by Gasteiger charge is -2.03. The summed E-state index contributed by atoms with van der Waals surface area (Å²) in [6, 6.07) is 2.30. The first-order valence-electron chi connectivity index (χ1n) is 3.43. The van der Waals surface area contributed by atoms with Crippen molar-refractivity contribution in [1.82, 2.24) is 5.32 Å². The van der Waals surface area contributed by atoms with Gasteiger partial charge >= 0.3 is 0 Å². The molecule has 4 heteroatoms. The minimum Gasteiger partial charge on any atom is -0.316 e. The van der Waals surface area contributed by atoms with E-state index in [1.54, 1.807) is 7.05 Å². The van der Waals surface area contributed by atoms with E-state index in [9.17, 15) is 8.78 Å². The van der Waals surface area contributed by atoms with E-state index in [0.717, 1.165) is 6.07 Å². The van der Waals surface area contributed by atoms with Crippen LogP contribution in [0.3, 0.4) is 0 Å². The van der Waals surface area contributed by atoms with Gasteiger partial charge in [0, 0.05) is 12.1 Å². The molecule has 0 unspecified atom stereocenters. The van der Waals surface area contributed by atoms with Gasteiger partial charge in [-0.15, -0.1) is 0 Å². The van der Waals surface area contributed by atoms with Gasteiger partial charge in [0.1, 0.15) is 11.6 Å². The smallest absolute Gasteiger partial charge is 0.137 e. The molecule has 0 spiro atoms. The average Bonchev–Trinajstić information content (AvgIpc) is 2.01. The predicted octanol–water partition coefficient (Wildman–Crippen LogP) is 2.45. The van der Waals surface area contributed by atoms with Crippen molar-refractivity contribution in [2.45, 2.75) is 6.54 Å². The Bertz CT molecular complexity index is 289. The Morgan fingerprint density at radius 1 is 1.33 bits per heavy atom. The molecule has 0 amide bonds. The Morgan fingerprint density at radius 3 is 2.58 bits per heavy atom. The Hall–Kier alpha value is -0.480. The highest BCUT2D eigenvalue weighted by Crippen LogP contribution is 2.19. The Kier molecular flexibility index (Phi) is 3.17. The summed E-state index contributed by atoms with van der Waals surface area (Å²) in [4.78, 5) is 0. The highest BCUT2D eigenvalue weighted by atomic mass is 79.9. The summed E-state index contributed by atoms with van der Waals surface area (Å²) < 4.78 is 26.0. The standard InChI is InChI=1S/C8H8BrF2N/c1-12-4-5-2-8(11)6(9)3-7(5)10/h2-3,12H,4H2,1H3. The Balaban J connectivity index is 3.05. The van der Waals surface area contributed by atoms with Crippen LogP contribution >= 0.6 is 15.9 Å². The molecule has 1 aromatic rings. The van der Waals surface area contributed by atoms with Gasteiger partial charge in [-0.1, -0.05) is 0 Å². The van der Waals surface area contributed by atoms with Crippen molar-refractivity contribution in [3.8, 4) is 0 Å². The van der Waals surface area contributed by atoms with Crippen LogP contribution in [0.2, 0.25) is 0 Å². The van der Waals surface area contributed by atoms with Gasteiger partial charge in [0.2, 0.25) is 0 Å². The molecule has 1 aromatic carbocycles. The van der Waals surface area contributed by atoms with Crippen LogP contribution in [-0.2, 0) is 6.54 Å². The third-order valence-electron chi connectivity index (χ3n) is 1.46. The molecule has 0 saturated carbocycles. The van der Waals surface area contributed by atoms with Crippen LogP contribution < -0.4 is 5.32 Å². The number of hydrogen-bond acceptors (Lipinski definition) is 1. The molecule has 0 aliphatic rings. The molecular formula is C8H8BrF2N. The van der Waals surface area contributed by atoms with Crippen LogP contribution in [0.5, 0.6) is 0 Å².